The molecule has 0 aromatic heterocycles. The molecule has 0 aromatic rings. The minimum absolute atomic E-state index is 0.659. The SMILES string of the molecule is CC/C=C(\C)CC/C=C(\C)CC.CCC1(C)C2CCC(C)[C@@]21CC.CCC1C(C)CCCC1(C)CC. The minimum Gasteiger partial charge on any atom is -0.0859 e. The van der Waals surface area contributed by atoms with Crippen molar-refractivity contribution in [1.82, 2.24) is 0 Å². The summed E-state index contributed by atoms with van der Waals surface area (Å²) in [6, 6.07) is 0. The largest absolute Gasteiger partial charge is 0.0859 e. The second kappa shape index (κ2) is 15.2. The van der Waals surface area contributed by atoms with E-state index < -0.39 is 0 Å². The molecule has 0 aliphatic heterocycles. The molecule has 7 atom stereocenters. The first-order chi connectivity index (χ1) is 17.0. The summed E-state index contributed by atoms with van der Waals surface area (Å²) in [5.41, 5.74) is 5.19. The lowest BCUT2D eigenvalue weighted by Crippen LogP contribution is -2.35. The van der Waals surface area contributed by atoms with Crippen molar-refractivity contribution in [1.29, 1.82) is 0 Å². The van der Waals surface area contributed by atoms with Crippen molar-refractivity contribution in [3.8, 4) is 0 Å². The summed E-state index contributed by atoms with van der Waals surface area (Å²) >= 11 is 0. The van der Waals surface area contributed by atoms with Gasteiger partial charge in [0, 0.05) is 0 Å². The maximum atomic E-state index is 2.52. The van der Waals surface area contributed by atoms with Gasteiger partial charge in [0.25, 0.3) is 0 Å². The molecule has 212 valence electrons. The lowest BCUT2D eigenvalue weighted by molar-refractivity contribution is 0.0588. The Hall–Kier alpha value is -0.520. The van der Waals surface area contributed by atoms with Crippen LogP contribution in [0.15, 0.2) is 23.3 Å². The molecule has 0 nitrogen and oxygen atoms in total. The summed E-state index contributed by atoms with van der Waals surface area (Å²) in [6.07, 6.45) is 22.4. The molecule has 0 radical (unpaired) electrons. The predicted octanol–water partition coefficient (Wildman–Crippen LogP) is 12.6. The van der Waals surface area contributed by atoms with E-state index in [0.717, 1.165) is 34.5 Å². The number of hydrogen-bond acceptors (Lipinski definition) is 0. The van der Waals surface area contributed by atoms with Gasteiger partial charge in [0.1, 0.15) is 0 Å². The number of allylic oxidation sites excluding steroid dienone is 4. The molecule has 0 N–H and O–H groups in total. The van der Waals surface area contributed by atoms with Gasteiger partial charge in [-0.3, -0.25) is 0 Å². The topological polar surface area (TPSA) is 0 Å². The quantitative estimate of drug-likeness (QED) is 0.276. The highest BCUT2D eigenvalue weighted by atomic mass is 14.8. The van der Waals surface area contributed by atoms with Crippen LogP contribution in [0.2, 0.25) is 0 Å². The van der Waals surface area contributed by atoms with E-state index >= 15 is 0 Å². The molecule has 0 heterocycles. The molecule has 6 unspecified atom stereocenters. The summed E-state index contributed by atoms with van der Waals surface area (Å²) in [4.78, 5) is 0. The number of fused-ring (bicyclic) bond motifs is 1. The van der Waals surface area contributed by atoms with Crippen molar-refractivity contribution in [2.45, 2.75) is 167 Å². The maximum Gasteiger partial charge on any atom is -0.0184 e. The van der Waals surface area contributed by atoms with E-state index in [0.29, 0.717) is 5.41 Å². The van der Waals surface area contributed by atoms with Crippen LogP contribution in [-0.2, 0) is 0 Å². The van der Waals surface area contributed by atoms with Gasteiger partial charge in [-0.2, -0.15) is 0 Å². The molecule has 0 heteroatoms. The summed E-state index contributed by atoms with van der Waals surface area (Å²) in [7, 11) is 0. The second-order valence-electron chi connectivity index (χ2n) is 13.5. The Morgan fingerprint density at radius 1 is 0.806 bits per heavy atom. The minimum atomic E-state index is 0.659. The summed E-state index contributed by atoms with van der Waals surface area (Å²) in [5, 5.41) is 0. The molecular weight excluding hydrogens is 432 g/mol. The van der Waals surface area contributed by atoms with Crippen LogP contribution in [0.1, 0.15) is 167 Å². The standard InChI is InChI=1S/C12H22.C12H24.C12H22/c1-5-11(4)10-8-7-9(3)12(10,11)6-2;1-5-11-10(3)8-7-9-12(11,4)6-2;1-5-8-12(4)10-7-9-11(3)6-2/h9-10H,5-8H2,1-4H3;10-11H,5-9H2,1-4H3;8-9H,5-7,10H2,1-4H3/b;;11-9+,12-8+/t9?,10?,11?,12-;;/m0../s1. The van der Waals surface area contributed by atoms with Gasteiger partial charge in [0.15, 0.2) is 0 Å². The zero-order chi connectivity index (χ0) is 27.6. The number of rotatable bonds is 9. The average molecular weight is 501 g/mol. The Labute approximate surface area is 229 Å². The zero-order valence-corrected chi connectivity index (χ0v) is 27.2. The van der Waals surface area contributed by atoms with Crippen LogP contribution in [0.4, 0.5) is 0 Å². The van der Waals surface area contributed by atoms with Gasteiger partial charge < -0.3 is 0 Å². The van der Waals surface area contributed by atoms with Gasteiger partial charge in [-0.25, -0.2) is 0 Å². The zero-order valence-electron chi connectivity index (χ0n) is 27.2. The van der Waals surface area contributed by atoms with Crippen molar-refractivity contribution in [3.63, 3.8) is 0 Å². The van der Waals surface area contributed by atoms with Crippen LogP contribution in [0, 0.1) is 39.9 Å². The fourth-order valence-corrected chi connectivity index (χ4v) is 9.00. The highest BCUT2D eigenvalue weighted by molar-refractivity contribution is 5.22. The fourth-order valence-electron chi connectivity index (χ4n) is 9.00. The Bertz CT molecular complexity index is 678. The highest BCUT2D eigenvalue weighted by Gasteiger charge is 2.74. The van der Waals surface area contributed by atoms with E-state index in [2.05, 4.69) is 95.2 Å². The summed E-state index contributed by atoms with van der Waals surface area (Å²) in [5.74, 6) is 4.03. The lowest BCUT2D eigenvalue weighted by atomic mass is 9.61. The van der Waals surface area contributed by atoms with Crippen molar-refractivity contribution >= 4 is 0 Å². The molecule has 3 aliphatic carbocycles. The Morgan fingerprint density at radius 2 is 1.47 bits per heavy atom. The Morgan fingerprint density at radius 3 is 1.89 bits per heavy atom. The van der Waals surface area contributed by atoms with E-state index in [1.165, 1.54) is 94.6 Å². The van der Waals surface area contributed by atoms with Gasteiger partial charge in [0.2, 0.25) is 0 Å². The third-order valence-corrected chi connectivity index (χ3v) is 11.8. The van der Waals surface area contributed by atoms with Crippen molar-refractivity contribution < 1.29 is 0 Å². The predicted molar refractivity (Wildman–Crippen MR) is 166 cm³/mol. The van der Waals surface area contributed by atoms with E-state index in [1.807, 2.05) is 0 Å². The molecule has 36 heavy (non-hydrogen) atoms. The molecule has 3 fully saturated rings. The summed E-state index contributed by atoms with van der Waals surface area (Å²) in [6.45, 7) is 28.3. The van der Waals surface area contributed by atoms with Crippen molar-refractivity contribution in [2.24, 2.45) is 39.9 Å². The molecule has 3 aliphatic rings. The lowest BCUT2D eigenvalue weighted by Gasteiger charge is -2.44. The highest BCUT2D eigenvalue weighted by Crippen LogP contribution is 2.81. The van der Waals surface area contributed by atoms with E-state index in [4.69, 9.17) is 0 Å². The molecule has 0 bridgehead atoms. The first kappa shape index (κ1) is 33.5. The smallest absolute Gasteiger partial charge is 0.0184 e. The molecule has 0 spiro atoms. The first-order valence-electron chi connectivity index (χ1n) is 16.3. The van der Waals surface area contributed by atoms with E-state index in [1.54, 1.807) is 0 Å². The second-order valence-corrected chi connectivity index (χ2v) is 13.5. The van der Waals surface area contributed by atoms with Gasteiger partial charge in [-0.15, -0.1) is 0 Å². The Kier molecular flexibility index (Phi) is 14.1. The van der Waals surface area contributed by atoms with Crippen LogP contribution in [0.25, 0.3) is 0 Å². The Balaban J connectivity index is 0.000000270. The van der Waals surface area contributed by atoms with Gasteiger partial charge in [-0.1, -0.05) is 118 Å². The molecule has 3 rings (SSSR count). The average Bonchev–Trinajstić information content (AvgIpc) is 3.21. The normalized spacial score (nSPS) is 37.9. The van der Waals surface area contributed by atoms with Crippen LogP contribution >= 0.6 is 0 Å². The van der Waals surface area contributed by atoms with Crippen molar-refractivity contribution in [3.05, 3.63) is 23.3 Å². The van der Waals surface area contributed by atoms with Gasteiger partial charge in [-0.05, 0) is 112 Å². The monoisotopic (exact) mass is 501 g/mol. The van der Waals surface area contributed by atoms with Crippen LogP contribution in [0.3, 0.4) is 0 Å². The van der Waals surface area contributed by atoms with Crippen LogP contribution < -0.4 is 0 Å². The molecular formula is C36H68. The van der Waals surface area contributed by atoms with Crippen molar-refractivity contribution in [2.75, 3.05) is 0 Å². The maximum absolute atomic E-state index is 2.52. The molecule has 0 aromatic carbocycles. The third kappa shape index (κ3) is 7.53. The van der Waals surface area contributed by atoms with Gasteiger partial charge in [0.05, 0.1) is 0 Å². The van der Waals surface area contributed by atoms with Gasteiger partial charge >= 0.3 is 0 Å². The van der Waals surface area contributed by atoms with E-state index in [-0.39, 0.29) is 0 Å². The van der Waals surface area contributed by atoms with Crippen LogP contribution in [-0.4, -0.2) is 0 Å². The summed E-state index contributed by atoms with van der Waals surface area (Å²) < 4.78 is 0. The fraction of sp³-hybridized carbons (Fsp3) is 0.889. The number of hydrogen-bond donors (Lipinski definition) is 0. The molecule has 3 saturated carbocycles. The molecule has 0 amide bonds. The third-order valence-electron chi connectivity index (χ3n) is 11.8. The van der Waals surface area contributed by atoms with E-state index in [9.17, 15) is 0 Å². The first-order valence-corrected chi connectivity index (χ1v) is 16.3. The molecule has 0 saturated heterocycles. The van der Waals surface area contributed by atoms with Crippen LogP contribution in [0.5, 0.6) is 0 Å².